The second-order valence-corrected chi connectivity index (χ2v) is 8.25. The van der Waals surface area contributed by atoms with Gasteiger partial charge in [-0.15, -0.1) is 10.2 Å². The lowest BCUT2D eigenvalue weighted by Gasteiger charge is -2.21. The van der Waals surface area contributed by atoms with Crippen LogP contribution in [0.15, 0.2) is 48.5 Å². The monoisotopic (exact) mass is 444 g/mol. The van der Waals surface area contributed by atoms with Gasteiger partial charge in [-0.25, -0.2) is 0 Å². The van der Waals surface area contributed by atoms with Gasteiger partial charge in [0.15, 0.2) is 0 Å². The predicted molar refractivity (Wildman–Crippen MR) is 118 cm³/mol. The average Bonchev–Trinajstić information content (AvgIpc) is 3.20. The summed E-state index contributed by atoms with van der Waals surface area (Å²) in [5.74, 6) is -0.176. The molecule has 0 saturated carbocycles. The molecule has 9 heteroatoms. The first kappa shape index (κ1) is 21.7. The topological polar surface area (TPSA) is 93.2 Å². The number of carbonyl (C=O) groups excluding carboxylic acids is 2. The van der Waals surface area contributed by atoms with E-state index in [4.69, 9.17) is 16.3 Å². The van der Waals surface area contributed by atoms with Crippen molar-refractivity contribution < 1.29 is 14.3 Å². The van der Waals surface area contributed by atoms with E-state index < -0.39 is 6.04 Å². The fraction of sp³-hybridized carbons (Fsp3) is 0.238. The molecule has 1 aromatic heterocycles. The zero-order chi connectivity index (χ0) is 21.7. The molecule has 2 N–H and O–H groups in total. The second kappa shape index (κ2) is 9.69. The van der Waals surface area contributed by atoms with Gasteiger partial charge in [0.1, 0.15) is 16.8 Å². The molecule has 0 radical (unpaired) electrons. The first-order chi connectivity index (χ1) is 14.4. The van der Waals surface area contributed by atoms with Crippen LogP contribution in [-0.2, 0) is 4.79 Å². The van der Waals surface area contributed by atoms with Gasteiger partial charge in [-0.1, -0.05) is 55.0 Å². The third kappa shape index (κ3) is 5.34. The molecule has 3 rings (SSSR count). The number of aromatic nitrogens is 2. The van der Waals surface area contributed by atoms with E-state index in [9.17, 15) is 9.59 Å². The van der Waals surface area contributed by atoms with E-state index in [-0.39, 0.29) is 17.7 Å². The third-order valence-electron chi connectivity index (χ3n) is 4.29. The van der Waals surface area contributed by atoms with E-state index in [1.807, 2.05) is 38.1 Å². The minimum absolute atomic E-state index is 0.140. The molecule has 1 heterocycles. The summed E-state index contributed by atoms with van der Waals surface area (Å²) in [6.07, 6.45) is 0. The molecule has 0 saturated heterocycles. The number of carbonyl (C=O) groups is 2. The molecule has 30 heavy (non-hydrogen) atoms. The SMILES string of the molecule is COc1cccc(-c2nnc(NC(=O)C(NC(=O)c3cccc(Cl)c3)C(C)C)s2)c1. The highest BCUT2D eigenvalue weighted by Crippen LogP contribution is 2.29. The van der Waals surface area contributed by atoms with Crippen molar-refractivity contribution >= 4 is 39.9 Å². The predicted octanol–water partition coefficient (Wildman–Crippen LogP) is 4.26. The number of hydrogen-bond acceptors (Lipinski definition) is 6. The van der Waals surface area contributed by atoms with Crippen molar-refractivity contribution in [2.75, 3.05) is 12.4 Å². The Labute approximate surface area is 183 Å². The van der Waals surface area contributed by atoms with E-state index in [0.29, 0.717) is 26.5 Å². The van der Waals surface area contributed by atoms with Crippen molar-refractivity contribution in [1.29, 1.82) is 0 Å². The van der Waals surface area contributed by atoms with Gasteiger partial charge in [0.05, 0.1) is 7.11 Å². The van der Waals surface area contributed by atoms with E-state index in [0.717, 1.165) is 5.56 Å². The lowest BCUT2D eigenvalue weighted by molar-refractivity contribution is -0.118. The van der Waals surface area contributed by atoms with Gasteiger partial charge >= 0.3 is 0 Å². The van der Waals surface area contributed by atoms with Crippen LogP contribution >= 0.6 is 22.9 Å². The summed E-state index contributed by atoms with van der Waals surface area (Å²) < 4.78 is 5.22. The number of methoxy groups -OCH3 is 1. The molecule has 3 aromatic rings. The van der Waals surface area contributed by atoms with Crippen LogP contribution in [0.4, 0.5) is 5.13 Å². The van der Waals surface area contributed by atoms with Crippen molar-refractivity contribution in [2.45, 2.75) is 19.9 Å². The van der Waals surface area contributed by atoms with Crippen molar-refractivity contribution in [3.05, 3.63) is 59.1 Å². The van der Waals surface area contributed by atoms with E-state index in [2.05, 4.69) is 20.8 Å². The van der Waals surface area contributed by atoms with Crippen LogP contribution in [0.2, 0.25) is 5.02 Å². The minimum atomic E-state index is -0.749. The maximum Gasteiger partial charge on any atom is 0.251 e. The Morgan fingerprint density at radius 1 is 1.10 bits per heavy atom. The largest absolute Gasteiger partial charge is 0.497 e. The number of benzene rings is 2. The average molecular weight is 445 g/mol. The summed E-state index contributed by atoms with van der Waals surface area (Å²) >= 11 is 7.19. The smallest absolute Gasteiger partial charge is 0.251 e. The number of halogens is 1. The quantitative estimate of drug-likeness (QED) is 0.568. The molecule has 0 bridgehead atoms. The normalized spacial score (nSPS) is 11.8. The molecule has 0 fully saturated rings. The van der Waals surface area contributed by atoms with Crippen LogP contribution in [-0.4, -0.2) is 35.2 Å². The molecule has 1 atom stereocenters. The Bertz CT molecular complexity index is 1050. The number of rotatable bonds is 7. The van der Waals surface area contributed by atoms with E-state index >= 15 is 0 Å². The summed E-state index contributed by atoms with van der Waals surface area (Å²) in [4.78, 5) is 25.3. The zero-order valence-corrected chi connectivity index (χ0v) is 18.3. The molecule has 7 nitrogen and oxygen atoms in total. The summed E-state index contributed by atoms with van der Waals surface area (Å²) in [5.41, 5.74) is 1.22. The highest BCUT2D eigenvalue weighted by Gasteiger charge is 2.26. The second-order valence-electron chi connectivity index (χ2n) is 6.84. The Kier molecular flexibility index (Phi) is 7.02. The molecular weight excluding hydrogens is 424 g/mol. The van der Waals surface area contributed by atoms with Gasteiger partial charge in [0.2, 0.25) is 11.0 Å². The molecule has 0 spiro atoms. The van der Waals surface area contributed by atoms with Crippen molar-refractivity contribution in [2.24, 2.45) is 5.92 Å². The molecule has 2 amide bonds. The summed E-state index contributed by atoms with van der Waals surface area (Å²) in [5, 5.41) is 15.1. The van der Waals surface area contributed by atoms with Gasteiger partial charge < -0.3 is 10.1 Å². The van der Waals surface area contributed by atoms with Gasteiger partial charge in [-0.2, -0.15) is 0 Å². The number of nitrogens with zero attached hydrogens (tertiary/aromatic N) is 2. The molecule has 0 aliphatic heterocycles. The maximum atomic E-state index is 12.8. The highest BCUT2D eigenvalue weighted by atomic mass is 35.5. The zero-order valence-electron chi connectivity index (χ0n) is 16.7. The van der Waals surface area contributed by atoms with Crippen molar-refractivity contribution in [3.8, 4) is 16.3 Å². The fourth-order valence-corrected chi connectivity index (χ4v) is 3.65. The van der Waals surface area contributed by atoms with Crippen LogP contribution in [0.5, 0.6) is 5.75 Å². The molecule has 0 aliphatic carbocycles. The van der Waals surface area contributed by atoms with E-state index in [1.54, 1.807) is 31.4 Å². The van der Waals surface area contributed by atoms with Crippen LogP contribution in [0.25, 0.3) is 10.6 Å². The maximum absolute atomic E-state index is 12.8. The lowest BCUT2D eigenvalue weighted by atomic mass is 10.0. The standard InChI is InChI=1S/C21H21ClN4O3S/c1-12(2)17(23-18(27)13-6-4-8-15(22)10-13)19(28)24-21-26-25-20(30-21)14-7-5-9-16(11-14)29-3/h4-12,17H,1-3H3,(H,23,27)(H,24,26,28). The lowest BCUT2D eigenvalue weighted by Crippen LogP contribution is -2.47. The Morgan fingerprint density at radius 3 is 2.57 bits per heavy atom. The third-order valence-corrected chi connectivity index (χ3v) is 5.42. The summed E-state index contributed by atoms with van der Waals surface area (Å²) in [6, 6.07) is 13.2. The van der Waals surface area contributed by atoms with Gasteiger partial charge in [-0.05, 0) is 36.2 Å². The molecular formula is C21H21ClN4O3S. The van der Waals surface area contributed by atoms with Crippen molar-refractivity contribution in [3.63, 3.8) is 0 Å². The van der Waals surface area contributed by atoms with Gasteiger partial charge in [-0.3, -0.25) is 14.9 Å². The number of ether oxygens (including phenoxy) is 1. The Balaban J connectivity index is 1.71. The van der Waals surface area contributed by atoms with Crippen LogP contribution in [0.3, 0.4) is 0 Å². The Hall–Kier alpha value is -2.97. The molecule has 156 valence electrons. The number of anilines is 1. The first-order valence-electron chi connectivity index (χ1n) is 9.22. The highest BCUT2D eigenvalue weighted by molar-refractivity contribution is 7.18. The van der Waals surface area contributed by atoms with Crippen molar-refractivity contribution in [1.82, 2.24) is 15.5 Å². The molecule has 2 aromatic carbocycles. The van der Waals surface area contributed by atoms with Gasteiger partial charge in [0.25, 0.3) is 5.91 Å². The molecule has 0 aliphatic rings. The minimum Gasteiger partial charge on any atom is -0.497 e. The number of nitrogens with one attached hydrogen (secondary N) is 2. The Morgan fingerprint density at radius 2 is 1.87 bits per heavy atom. The fourth-order valence-electron chi connectivity index (χ4n) is 2.72. The van der Waals surface area contributed by atoms with Crippen LogP contribution in [0.1, 0.15) is 24.2 Å². The molecule has 1 unspecified atom stereocenters. The van der Waals surface area contributed by atoms with Crippen LogP contribution in [0, 0.1) is 5.92 Å². The number of amides is 2. The first-order valence-corrected chi connectivity index (χ1v) is 10.4. The summed E-state index contributed by atoms with van der Waals surface area (Å²) in [7, 11) is 1.59. The summed E-state index contributed by atoms with van der Waals surface area (Å²) in [6.45, 7) is 3.70. The number of hydrogen-bond donors (Lipinski definition) is 2. The van der Waals surface area contributed by atoms with Gasteiger partial charge in [0, 0.05) is 16.1 Å². The van der Waals surface area contributed by atoms with Crippen LogP contribution < -0.4 is 15.4 Å². The van der Waals surface area contributed by atoms with E-state index in [1.165, 1.54) is 11.3 Å².